The Morgan fingerprint density at radius 3 is 2.69 bits per heavy atom. The van der Waals surface area contributed by atoms with Crippen LogP contribution in [0, 0.1) is 11.3 Å². The molecule has 170 valence electrons. The van der Waals surface area contributed by atoms with Gasteiger partial charge in [-0.15, -0.1) is 0 Å². The molecule has 1 heterocycles. The van der Waals surface area contributed by atoms with Gasteiger partial charge in [0.2, 0.25) is 11.8 Å². The zero-order valence-corrected chi connectivity index (χ0v) is 18.3. The molecule has 1 atom stereocenters. The number of nitriles is 1. The van der Waals surface area contributed by atoms with Crippen LogP contribution in [0.2, 0.25) is 0 Å². The highest BCUT2D eigenvalue weighted by molar-refractivity contribution is 6.00. The fourth-order valence-corrected chi connectivity index (χ4v) is 2.46. The van der Waals surface area contributed by atoms with E-state index in [1.165, 1.54) is 20.8 Å². The van der Waals surface area contributed by atoms with Crippen molar-refractivity contribution in [3.05, 3.63) is 35.4 Å². The topological polar surface area (TPSA) is 172 Å². The van der Waals surface area contributed by atoms with Crippen LogP contribution in [0.5, 0.6) is 5.88 Å². The Labute approximate surface area is 185 Å². The summed E-state index contributed by atoms with van der Waals surface area (Å²) in [6.07, 6.45) is -0.560. The number of hydroxylamine groups is 1. The van der Waals surface area contributed by atoms with Crippen molar-refractivity contribution in [1.82, 2.24) is 20.8 Å². The van der Waals surface area contributed by atoms with Crippen molar-refractivity contribution in [2.24, 2.45) is 0 Å². The highest BCUT2D eigenvalue weighted by atomic mass is 16.7. The first-order valence-electron chi connectivity index (χ1n) is 9.74. The van der Waals surface area contributed by atoms with Crippen LogP contribution >= 0.6 is 0 Å². The molecule has 5 N–H and O–H groups in total. The number of hydrogen-bond acceptors (Lipinski definition) is 9. The van der Waals surface area contributed by atoms with E-state index >= 15 is 0 Å². The SMILES string of the molecule is CC(=O)NC[C@@H](C)Oc1nc(-c2cccc(C#N)c2)nc(N)c1C(=O)NOCC(C)(C)O. The average molecular weight is 442 g/mol. The summed E-state index contributed by atoms with van der Waals surface area (Å²) in [4.78, 5) is 37.4. The smallest absolute Gasteiger partial charge is 0.284 e. The number of rotatable bonds is 9. The van der Waals surface area contributed by atoms with Gasteiger partial charge in [0.1, 0.15) is 24.1 Å². The monoisotopic (exact) mass is 442 g/mol. The Morgan fingerprint density at radius 2 is 2.06 bits per heavy atom. The van der Waals surface area contributed by atoms with Crippen LogP contribution < -0.4 is 21.3 Å². The molecule has 0 radical (unpaired) electrons. The molecule has 1 aromatic carbocycles. The van der Waals surface area contributed by atoms with Gasteiger partial charge in [-0.05, 0) is 32.9 Å². The number of aromatic nitrogens is 2. The van der Waals surface area contributed by atoms with E-state index in [9.17, 15) is 14.7 Å². The normalized spacial score (nSPS) is 11.9. The van der Waals surface area contributed by atoms with Gasteiger partial charge in [0, 0.05) is 12.5 Å². The Bertz CT molecular complexity index is 1030. The molecule has 2 rings (SSSR count). The molecule has 0 unspecified atom stereocenters. The quantitative estimate of drug-likeness (QED) is 0.412. The number of nitrogen functional groups attached to an aromatic ring is 1. The van der Waals surface area contributed by atoms with Gasteiger partial charge >= 0.3 is 0 Å². The third-order valence-electron chi connectivity index (χ3n) is 3.92. The first-order valence-corrected chi connectivity index (χ1v) is 9.74. The summed E-state index contributed by atoms with van der Waals surface area (Å²) in [5, 5.41) is 21.5. The van der Waals surface area contributed by atoms with E-state index in [4.69, 9.17) is 20.6 Å². The molecule has 11 nitrogen and oxygen atoms in total. The number of amides is 2. The molecule has 0 saturated heterocycles. The lowest BCUT2D eigenvalue weighted by Gasteiger charge is -2.19. The number of nitrogens with one attached hydrogen (secondary N) is 2. The van der Waals surface area contributed by atoms with Gasteiger partial charge in [-0.2, -0.15) is 10.2 Å². The van der Waals surface area contributed by atoms with Crippen molar-refractivity contribution in [1.29, 1.82) is 5.26 Å². The summed E-state index contributed by atoms with van der Waals surface area (Å²) in [6, 6.07) is 8.58. The summed E-state index contributed by atoms with van der Waals surface area (Å²) in [5.41, 5.74) is 7.80. The highest BCUT2D eigenvalue weighted by Gasteiger charge is 2.24. The lowest BCUT2D eigenvalue weighted by Crippen LogP contribution is -2.35. The molecule has 0 bridgehead atoms. The molecular formula is C21H26N6O5. The summed E-state index contributed by atoms with van der Waals surface area (Å²) < 4.78 is 5.79. The number of carbonyl (C=O) groups is 2. The van der Waals surface area contributed by atoms with E-state index in [0.717, 1.165) is 0 Å². The van der Waals surface area contributed by atoms with E-state index in [2.05, 4.69) is 20.8 Å². The average Bonchev–Trinajstić information content (AvgIpc) is 2.71. The van der Waals surface area contributed by atoms with Gasteiger partial charge < -0.3 is 20.9 Å². The molecule has 0 aliphatic carbocycles. The standard InChI is InChI=1S/C21H26N6O5/c1-12(10-24-13(2)28)32-20-16(19(29)27-31-11-21(3,4)30)17(23)25-18(26-20)15-7-5-6-14(8-15)9-22/h5-8,12,30H,10-11H2,1-4H3,(H,24,28)(H,27,29)(H2,23,25,26)/t12-/m1/s1. The van der Waals surface area contributed by atoms with E-state index in [1.54, 1.807) is 31.2 Å². The van der Waals surface area contributed by atoms with Crippen LogP contribution in [0.25, 0.3) is 11.4 Å². The van der Waals surface area contributed by atoms with E-state index in [0.29, 0.717) is 11.1 Å². The zero-order chi connectivity index (χ0) is 23.9. The first kappa shape index (κ1) is 24.5. The van der Waals surface area contributed by atoms with Gasteiger partial charge in [-0.1, -0.05) is 12.1 Å². The molecule has 2 amide bonds. The number of benzene rings is 1. The lowest BCUT2D eigenvalue weighted by molar-refractivity contribution is -0.119. The number of nitrogens with two attached hydrogens (primary N) is 1. The van der Waals surface area contributed by atoms with Gasteiger partial charge in [-0.25, -0.2) is 10.5 Å². The first-order chi connectivity index (χ1) is 15.0. The van der Waals surface area contributed by atoms with E-state index < -0.39 is 17.6 Å². The lowest BCUT2D eigenvalue weighted by atomic mass is 10.1. The molecule has 0 fully saturated rings. The molecule has 0 aliphatic rings. The van der Waals surface area contributed by atoms with Crippen molar-refractivity contribution in [3.8, 4) is 23.3 Å². The molecule has 1 aromatic heterocycles. The fourth-order valence-electron chi connectivity index (χ4n) is 2.46. The van der Waals surface area contributed by atoms with Crippen LogP contribution in [0.4, 0.5) is 5.82 Å². The molecule has 2 aromatic rings. The predicted molar refractivity (Wildman–Crippen MR) is 115 cm³/mol. The van der Waals surface area contributed by atoms with Crippen LogP contribution in [0.15, 0.2) is 24.3 Å². The second kappa shape index (κ2) is 10.5. The molecule has 0 spiro atoms. The summed E-state index contributed by atoms with van der Waals surface area (Å²) in [6.45, 7) is 6.06. The minimum atomic E-state index is -1.17. The van der Waals surface area contributed by atoms with Crippen molar-refractivity contribution in [2.75, 3.05) is 18.9 Å². The number of nitrogens with zero attached hydrogens (tertiary/aromatic N) is 3. The van der Waals surface area contributed by atoms with Gasteiger partial charge in [-0.3, -0.25) is 14.4 Å². The van der Waals surface area contributed by atoms with Gasteiger partial charge in [0.25, 0.3) is 5.91 Å². The molecule has 0 aliphatic heterocycles. The number of hydrogen-bond donors (Lipinski definition) is 4. The van der Waals surface area contributed by atoms with Crippen LogP contribution in [-0.2, 0) is 9.63 Å². The largest absolute Gasteiger partial charge is 0.472 e. The Hall–Kier alpha value is -3.75. The maximum absolute atomic E-state index is 12.7. The van der Waals surface area contributed by atoms with Crippen molar-refractivity contribution < 1.29 is 24.3 Å². The second-order valence-electron chi connectivity index (χ2n) is 7.70. The van der Waals surface area contributed by atoms with E-state index in [-0.39, 0.29) is 42.1 Å². The van der Waals surface area contributed by atoms with Gasteiger partial charge in [0.05, 0.1) is 23.8 Å². The molecular weight excluding hydrogens is 416 g/mol. The van der Waals surface area contributed by atoms with Gasteiger partial charge in [0.15, 0.2) is 5.82 Å². The second-order valence-corrected chi connectivity index (χ2v) is 7.70. The van der Waals surface area contributed by atoms with Crippen LogP contribution in [0.1, 0.15) is 43.6 Å². The zero-order valence-electron chi connectivity index (χ0n) is 18.3. The minimum Gasteiger partial charge on any atom is -0.472 e. The van der Waals surface area contributed by atoms with Crippen LogP contribution in [0.3, 0.4) is 0 Å². The molecule has 32 heavy (non-hydrogen) atoms. The van der Waals surface area contributed by atoms with Crippen molar-refractivity contribution >= 4 is 17.6 Å². The highest BCUT2D eigenvalue weighted by Crippen LogP contribution is 2.27. The third-order valence-corrected chi connectivity index (χ3v) is 3.92. The Kier molecular flexibility index (Phi) is 8.06. The predicted octanol–water partition coefficient (Wildman–Crippen LogP) is 0.933. The number of carbonyl (C=O) groups excluding carboxylic acids is 2. The van der Waals surface area contributed by atoms with Crippen molar-refractivity contribution in [2.45, 2.75) is 39.4 Å². The molecule has 0 saturated carbocycles. The number of aliphatic hydroxyl groups is 1. The molecule has 11 heteroatoms. The van der Waals surface area contributed by atoms with Crippen LogP contribution in [-0.4, -0.2) is 51.7 Å². The minimum absolute atomic E-state index is 0.128. The fraction of sp³-hybridized carbons (Fsp3) is 0.381. The van der Waals surface area contributed by atoms with Crippen molar-refractivity contribution in [3.63, 3.8) is 0 Å². The summed E-state index contributed by atoms with van der Waals surface area (Å²) in [5.74, 6) is -1.17. The Balaban J connectivity index is 2.40. The number of anilines is 1. The van der Waals surface area contributed by atoms with E-state index in [1.807, 2.05) is 6.07 Å². The Morgan fingerprint density at radius 1 is 1.34 bits per heavy atom. The maximum Gasteiger partial charge on any atom is 0.284 e. The maximum atomic E-state index is 12.7. The number of ether oxygens (including phenoxy) is 1. The summed E-state index contributed by atoms with van der Waals surface area (Å²) in [7, 11) is 0. The third kappa shape index (κ3) is 7.19. The summed E-state index contributed by atoms with van der Waals surface area (Å²) >= 11 is 0.